The lowest BCUT2D eigenvalue weighted by atomic mass is 10.2. The molecule has 1 aliphatic rings. The molecule has 1 saturated carbocycles. The van der Waals surface area contributed by atoms with E-state index in [0.29, 0.717) is 17.0 Å². The molecule has 2 heterocycles. The Labute approximate surface area is 156 Å². The van der Waals surface area contributed by atoms with E-state index >= 15 is 0 Å². The molecule has 1 aliphatic carbocycles. The number of amides is 2. The molecule has 2 aromatic rings. The second kappa shape index (κ2) is 8.15. The number of aromatic nitrogens is 3. The Bertz CT molecular complexity index is 882. The summed E-state index contributed by atoms with van der Waals surface area (Å²) >= 11 is 0. The van der Waals surface area contributed by atoms with Crippen LogP contribution in [0.2, 0.25) is 0 Å². The first kappa shape index (κ1) is 18.8. The van der Waals surface area contributed by atoms with E-state index in [1.54, 1.807) is 14.0 Å². The van der Waals surface area contributed by atoms with Crippen LogP contribution in [0, 0.1) is 6.92 Å². The van der Waals surface area contributed by atoms with Crippen LogP contribution < -0.4 is 10.9 Å². The van der Waals surface area contributed by atoms with Gasteiger partial charge in [-0.25, -0.2) is 4.63 Å². The number of rotatable bonds is 6. The first-order chi connectivity index (χ1) is 12.9. The van der Waals surface area contributed by atoms with E-state index in [4.69, 9.17) is 0 Å². The van der Waals surface area contributed by atoms with Gasteiger partial charge in [-0.2, -0.15) is 0 Å². The second-order valence-electron chi connectivity index (χ2n) is 6.89. The van der Waals surface area contributed by atoms with Gasteiger partial charge >= 0.3 is 0 Å². The smallest absolute Gasteiger partial charge is 0.255 e. The minimum Gasteiger partial charge on any atom is -0.352 e. The van der Waals surface area contributed by atoms with E-state index in [0.717, 1.165) is 25.7 Å². The maximum atomic E-state index is 12.6. The maximum Gasteiger partial charge on any atom is 0.255 e. The molecule has 0 saturated heterocycles. The molecule has 0 aromatic carbocycles. The molecule has 2 aromatic heterocycles. The fourth-order valence-electron chi connectivity index (χ4n) is 3.19. The minimum absolute atomic E-state index is 0.105. The molecule has 0 unspecified atom stereocenters. The molecule has 3 rings (SSSR count). The van der Waals surface area contributed by atoms with Crippen LogP contribution in [0.4, 0.5) is 0 Å². The molecular formula is C18H23N5O4. The molecule has 9 heteroatoms. The van der Waals surface area contributed by atoms with E-state index in [9.17, 15) is 14.4 Å². The fraction of sp³-hybridized carbons (Fsp3) is 0.500. The van der Waals surface area contributed by atoms with Gasteiger partial charge in [0, 0.05) is 25.4 Å². The van der Waals surface area contributed by atoms with Gasteiger partial charge in [0.25, 0.3) is 11.5 Å². The molecule has 27 heavy (non-hydrogen) atoms. The lowest BCUT2D eigenvalue weighted by molar-refractivity contribution is -0.122. The van der Waals surface area contributed by atoms with Crippen molar-refractivity contribution in [2.75, 3.05) is 7.05 Å². The van der Waals surface area contributed by atoms with Crippen molar-refractivity contribution in [2.45, 2.75) is 51.7 Å². The van der Waals surface area contributed by atoms with Gasteiger partial charge in [-0.15, -0.1) is 0 Å². The van der Waals surface area contributed by atoms with Crippen molar-refractivity contribution in [3.05, 3.63) is 45.6 Å². The first-order valence-corrected chi connectivity index (χ1v) is 8.97. The Morgan fingerprint density at radius 3 is 2.70 bits per heavy atom. The van der Waals surface area contributed by atoms with Crippen molar-refractivity contribution in [1.29, 1.82) is 0 Å². The fourth-order valence-corrected chi connectivity index (χ4v) is 3.19. The number of hydrogen-bond donors (Lipinski definition) is 1. The van der Waals surface area contributed by atoms with Gasteiger partial charge in [0.1, 0.15) is 17.9 Å². The quantitative estimate of drug-likeness (QED) is 0.804. The van der Waals surface area contributed by atoms with E-state index in [-0.39, 0.29) is 36.5 Å². The van der Waals surface area contributed by atoms with Crippen molar-refractivity contribution in [3.8, 4) is 0 Å². The number of nitrogens with zero attached hydrogens (tertiary/aromatic N) is 4. The van der Waals surface area contributed by atoms with Crippen LogP contribution in [0.5, 0.6) is 0 Å². The first-order valence-electron chi connectivity index (χ1n) is 8.97. The highest BCUT2D eigenvalue weighted by molar-refractivity contribution is 5.93. The molecule has 0 spiro atoms. The molecule has 0 bridgehead atoms. The highest BCUT2D eigenvalue weighted by Gasteiger charge is 2.19. The Balaban J connectivity index is 1.68. The zero-order valence-electron chi connectivity index (χ0n) is 15.5. The molecule has 0 aliphatic heterocycles. The lowest BCUT2D eigenvalue weighted by Crippen LogP contribution is -2.37. The van der Waals surface area contributed by atoms with Crippen molar-refractivity contribution < 1.29 is 14.2 Å². The van der Waals surface area contributed by atoms with Crippen LogP contribution >= 0.6 is 0 Å². The zero-order valence-corrected chi connectivity index (χ0v) is 15.5. The Morgan fingerprint density at radius 1 is 1.30 bits per heavy atom. The summed E-state index contributed by atoms with van der Waals surface area (Å²) in [5.41, 5.74) is 1.17. The third-order valence-electron chi connectivity index (χ3n) is 4.74. The molecule has 0 radical (unpaired) electrons. The van der Waals surface area contributed by atoms with Crippen molar-refractivity contribution in [2.24, 2.45) is 0 Å². The summed E-state index contributed by atoms with van der Waals surface area (Å²) in [6, 6.07) is 2.94. The number of carbonyl (C=O) groups excluding carboxylic acids is 2. The Hall–Kier alpha value is -2.97. The highest BCUT2D eigenvalue weighted by Crippen LogP contribution is 2.17. The number of aryl methyl sites for hydroxylation is 1. The van der Waals surface area contributed by atoms with E-state index in [1.807, 2.05) is 0 Å². The molecule has 1 fully saturated rings. The van der Waals surface area contributed by atoms with Crippen molar-refractivity contribution in [3.63, 3.8) is 0 Å². The van der Waals surface area contributed by atoms with Crippen molar-refractivity contribution in [1.82, 2.24) is 25.1 Å². The van der Waals surface area contributed by atoms with E-state index < -0.39 is 0 Å². The third kappa shape index (κ3) is 4.60. The zero-order chi connectivity index (χ0) is 19.4. The largest absolute Gasteiger partial charge is 0.352 e. The maximum absolute atomic E-state index is 12.6. The van der Waals surface area contributed by atoms with E-state index in [2.05, 4.69) is 20.3 Å². The number of pyridine rings is 1. The summed E-state index contributed by atoms with van der Waals surface area (Å²) in [5.74, 6) is -0.506. The van der Waals surface area contributed by atoms with Crippen LogP contribution in [0.15, 0.2) is 27.8 Å². The van der Waals surface area contributed by atoms with Gasteiger partial charge in [0.05, 0.1) is 12.1 Å². The summed E-state index contributed by atoms with van der Waals surface area (Å²) in [5, 5.41) is 10.4. The Morgan fingerprint density at radius 2 is 2.04 bits per heavy atom. The summed E-state index contributed by atoms with van der Waals surface area (Å²) in [7, 11) is 1.62. The lowest BCUT2D eigenvalue weighted by Gasteiger charge is -2.17. The monoisotopic (exact) mass is 373 g/mol. The predicted molar refractivity (Wildman–Crippen MR) is 95.9 cm³/mol. The molecule has 2 amide bonds. The molecule has 0 atom stereocenters. The summed E-state index contributed by atoms with van der Waals surface area (Å²) < 4.78 is 5.90. The molecular weight excluding hydrogens is 350 g/mol. The average Bonchev–Trinajstić information content (AvgIpc) is 3.28. The average molecular weight is 373 g/mol. The number of hydrogen-bond acceptors (Lipinski definition) is 6. The highest BCUT2D eigenvalue weighted by atomic mass is 16.6. The summed E-state index contributed by atoms with van der Waals surface area (Å²) in [4.78, 5) is 38.4. The number of nitrogens with one attached hydrogen (secondary N) is 1. The summed E-state index contributed by atoms with van der Waals surface area (Å²) in [6.45, 7) is 1.87. The van der Waals surface area contributed by atoms with Gasteiger partial charge in [-0.1, -0.05) is 23.2 Å². The van der Waals surface area contributed by atoms with E-state index in [1.165, 1.54) is 27.8 Å². The molecule has 1 N–H and O–H groups in total. The molecule has 9 nitrogen and oxygen atoms in total. The van der Waals surface area contributed by atoms with Gasteiger partial charge in [0.15, 0.2) is 0 Å². The topological polar surface area (TPSA) is 110 Å². The van der Waals surface area contributed by atoms with Gasteiger partial charge in [-0.05, 0) is 25.8 Å². The predicted octanol–water partition coefficient (Wildman–Crippen LogP) is 0.871. The second-order valence-corrected chi connectivity index (χ2v) is 6.89. The standard InChI is InChI=1S/C18H23N5O4/c1-12-15(21-27-20-12)10-22(2)18(26)13-7-8-17(25)23(9-13)11-16(24)19-14-5-3-4-6-14/h7-9,14H,3-6,10-11H2,1-2H3,(H,19,24). The normalized spacial score (nSPS) is 14.3. The van der Waals surface area contributed by atoms with Crippen LogP contribution in [0.3, 0.4) is 0 Å². The van der Waals surface area contributed by atoms with Crippen LogP contribution in [0.25, 0.3) is 0 Å². The van der Waals surface area contributed by atoms with Gasteiger partial charge in [0.2, 0.25) is 5.91 Å². The van der Waals surface area contributed by atoms with Gasteiger partial charge in [-0.3, -0.25) is 14.4 Å². The SMILES string of the molecule is Cc1nonc1CN(C)C(=O)c1ccc(=O)n(CC(=O)NC2CCCC2)c1. The van der Waals surface area contributed by atoms with Crippen LogP contribution in [-0.2, 0) is 17.9 Å². The Kier molecular flexibility index (Phi) is 5.68. The minimum atomic E-state index is -0.327. The number of carbonyl (C=O) groups is 2. The van der Waals surface area contributed by atoms with Gasteiger partial charge < -0.3 is 14.8 Å². The summed E-state index contributed by atoms with van der Waals surface area (Å²) in [6.07, 6.45) is 5.59. The third-order valence-corrected chi connectivity index (χ3v) is 4.74. The van der Waals surface area contributed by atoms with Crippen LogP contribution in [0.1, 0.15) is 47.4 Å². The van der Waals surface area contributed by atoms with Crippen molar-refractivity contribution >= 4 is 11.8 Å². The van der Waals surface area contributed by atoms with Crippen LogP contribution in [-0.4, -0.2) is 44.7 Å². The molecule has 144 valence electrons.